The van der Waals surface area contributed by atoms with Gasteiger partial charge in [-0.1, -0.05) is 49.6 Å². The minimum Gasteiger partial charge on any atom is -0.399 e. The Morgan fingerprint density at radius 2 is 1.85 bits per heavy atom. The fourth-order valence-electron chi connectivity index (χ4n) is 1.78. The quantitative estimate of drug-likeness (QED) is 0.553. The van der Waals surface area contributed by atoms with Gasteiger partial charge < -0.3 is 5.73 Å². The second-order valence-corrected chi connectivity index (χ2v) is 3.65. The Balaban J connectivity index is 3.03. The number of rotatable bonds is 3. The Hall–Kier alpha value is -0.915. The van der Waals surface area contributed by atoms with E-state index in [-0.39, 0.29) is 0 Å². The first kappa shape index (κ1) is 10.2. The topological polar surface area (TPSA) is 26.0 Å². The molecule has 0 atom stereocenters. The highest BCUT2D eigenvalue weighted by Crippen LogP contribution is 2.08. The van der Waals surface area contributed by atoms with Crippen LogP contribution in [0.1, 0.15) is 19.4 Å². The van der Waals surface area contributed by atoms with Gasteiger partial charge in [0.1, 0.15) is 0 Å². The second-order valence-electron chi connectivity index (χ2n) is 3.65. The lowest BCUT2D eigenvalue weighted by atomic mass is 9.41. The van der Waals surface area contributed by atoms with Gasteiger partial charge in [-0.3, -0.25) is 0 Å². The maximum absolute atomic E-state index is 5.94. The van der Waals surface area contributed by atoms with Gasteiger partial charge in [-0.15, -0.1) is 0 Å². The summed E-state index contributed by atoms with van der Waals surface area (Å²) < 4.78 is 0. The van der Waals surface area contributed by atoms with E-state index >= 15 is 0 Å². The van der Waals surface area contributed by atoms with E-state index in [1.165, 1.54) is 23.7 Å². The standard InChI is InChI=1S/C11H18BN/c1-4-12(5-2)10-8-9(3)6-7-11(10)13/h6-8H,4-5,13H2,1-3H3. The first-order valence-corrected chi connectivity index (χ1v) is 5.05. The van der Waals surface area contributed by atoms with Crippen molar-refractivity contribution in [1.29, 1.82) is 0 Å². The van der Waals surface area contributed by atoms with Gasteiger partial charge >= 0.3 is 0 Å². The van der Waals surface area contributed by atoms with E-state index in [1.54, 1.807) is 0 Å². The second kappa shape index (κ2) is 4.36. The highest BCUT2D eigenvalue weighted by Gasteiger charge is 2.13. The summed E-state index contributed by atoms with van der Waals surface area (Å²) in [6.07, 6.45) is 2.34. The number of nitrogens with two attached hydrogens (primary N) is 1. The predicted octanol–water partition coefficient (Wildman–Crippen LogP) is 2.32. The van der Waals surface area contributed by atoms with E-state index < -0.39 is 0 Å². The van der Waals surface area contributed by atoms with Gasteiger partial charge in [-0.05, 0) is 13.0 Å². The van der Waals surface area contributed by atoms with Crippen molar-refractivity contribution in [2.24, 2.45) is 0 Å². The fraction of sp³-hybridized carbons (Fsp3) is 0.455. The molecule has 0 aliphatic heterocycles. The van der Waals surface area contributed by atoms with E-state index in [4.69, 9.17) is 5.73 Å². The van der Waals surface area contributed by atoms with E-state index in [0.717, 1.165) is 5.69 Å². The summed E-state index contributed by atoms with van der Waals surface area (Å²) in [7, 11) is 0. The lowest BCUT2D eigenvalue weighted by Crippen LogP contribution is -2.30. The van der Waals surface area contributed by atoms with E-state index in [9.17, 15) is 0 Å². The summed E-state index contributed by atoms with van der Waals surface area (Å²) in [5.74, 6) is 0. The Morgan fingerprint density at radius 3 is 2.38 bits per heavy atom. The fourth-order valence-corrected chi connectivity index (χ4v) is 1.78. The summed E-state index contributed by atoms with van der Waals surface area (Å²) in [6.45, 7) is 7.18. The van der Waals surface area contributed by atoms with Gasteiger partial charge in [-0.25, -0.2) is 0 Å². The van der Waals surface area contributed by atoms with E-state index in [1.807, 2.05) is 6.07 Å². The van der Waals surface area contributed by atoms with Crippen LogP contribution in [0.25, 0.3) is 0 Å². The monoisotopic (exact) mass is 175 g/mol. The van der Waals surface area contributed by atoms with Crippen LogP contribution in [-0.2, 0) is 0 Å². The van der Waals surface area contributed by atoms with Gasteiger partial charge in [0.2, 0.25) is 0 Å². The molecule has 0 unspecified atom stereocenters. The summed E-state index contributed by atoms with van der Waals surface area (Å²) in [5.41, 5.74) is 9.51. The van der Waals surface area contributed by atoms with E-state index in [2.05, 4.69) is 32.9 Å². The Bertz CT molecular complexity index is 279. The summed E-state index contributed by atoms with van der Waals surface area (Å²) in [5, 5.41) is 0. The molecule has 0 amide bonds. The maximum Gasteiger partial charge on any atom is 0.178 e. The maximum atomic E-state index is 5.94. The van der Waals surface area contributed by atoms with Crippen LogP contribution in [0, 0.1) is 6.92 Å². The zero-order chi connectivity index (χ0) is 9.84. The zero-order valence-electron chi connectivity index (χ0n) is 8.80. The molecule has 1 nitrogen and oxygen atoms in total. The first-order chi connectivity index (χ1) is 6.19. The molecule has 0 radical (unpaired) electrons. The van der Waals surface area contributed by atoms with Gasteiger partial charge in [0.25, 0.3) is 0 Å². The van der Waals surface area contributed by atoms with Gasteiger partial charge in [0.05, 0.1) is 0 Å². The van der Waals surface area contributed by atoms with Crippen molar-refractivity contribution in [3.63, 3.8) is 0 Å². The molecule has 0 aliphatic carbocycles. The van der Waals surface area contributed by atoms with Crippen molar-refractivity contribution in [3.8, 4) is 0 Å². The summed E-state index contributed by atoms with van der Waals surface area (Å²) >= 11 is 0. The molecule has 1 rings (SSSR count). The van der Waals surface area contributed by atoms with Crippen LogP contribution in [0.15, 0.2) is 18.2 Å². The number of anilines is 1. The zero-order valence-corrected chi connectivity index (χ0v) is 8.80. The van der Waals surface area contributed by atoms with Crippen LogP contribution < -0.4 is 11.2 Å². The van der Waals surface area contributed by atoms with Crippen molar-refractivity contribution in [2.75, 3.05) is 5.73 Å². The van der Waals surface area contributed by atoms with Crippen LogP contribution >= 0.6 is 0 Å². The molecule has 0 bridgehead atoms. The molecule has 0 saturated heterocycles. The average molecular weight is 175 g/mol. The molecule has 1 aromatic rings. The van der Waals surface area contributed by atoms with Gasteiger partial charge in [0.15, 0.2) is 6.71 Å². The molecule has 13 heavy (non-hydrogen) atoms. The highest BCUT2D eigenvalue weighted by atomic mass is 14.5. The SMILES string of the molecule is CCB(CC)c1cc(C)ccc1N. The van der Waals surface area contributed by atoms with Crippen molar-refractivity contribution >= 4 is 17.9 Å². The van der Waals surface area contributed by atoms with Gasteiger partial charge in [-0.2, -0.15) is 0 Å². The molecule has 2 N–H and O–H groups in total. The lowest BCUT2D eigenvalue weighted by molar-refractivity contribution is 1.32. The summed E-state index contributed by atoms with van der Waals surface area (Å²) in [6, 6.07) is 6.30. The third kappa shape index (κ3) is 2.27. The van der Waals surface area contributed by atoms with Crippen LogP contribution in [0.5, 0.6) is 0 Å². The molecule has 0 aromatic heterocycles. The third-order valence-electron chi connectivity index (χ3n) is 2.67. The molecular formula is C11H18BN. The molecule has 0 heterocycles. The van der Waals surface area contributed by atoms with Crippen molar-refractivity contribution < 1.29 is 0 Å². The largest absolute Gasteiger partial charge is 0.399 e. The molecule has 1 aromatic carbocycles. The molecule has 0 fully saturated rings. The minimum atomic E-state index is 0.625. The van der Waals surface area contributed by atoms with Crippen molar-refractivity contribution in [3.05, 3.63) is 23.8 Å². The van der Waals surface area contributed by atoms with Crippen molar-refractivity contribution in [2.45, 2.75) is 33.4 Å². The number of hydrogen-bond acceptors (Lipinski definition) is 1. The Kier molecular flexibility index (Phi) is 3.41. The number of aryl methyl sites for hydroxylation is 1. The smallest absolute Gasteiger partial charge is 0.178 e. The average Bonchev–Trinajstić information content (AvgIpc) is 2.13. The van der Waals surface area contributed by atoms with Crippen LogP contribution in [0.2, 0.25) is 12.6 Å². The van der Waals surface area contributed by atoms with Crippen LogP contribution in [0.4, 0.5) is 5.69 Å². The Labute approximate surface area is 81.4 Å². The molecule has 0 aliphatic rings. The van der Waals surface area contributed by atoms with Gasteiger partial charge in [0, 0.05) is 5.69 Å². The highest BCUT2D eigenvalue weighted by molar-refractivity contribution is 6.74. The molecule has 2 heteroatoms. The lowest BCUT2D eigenvalue weighted by Gasteiger charge is -2.12. The Morgan fingerprint density at radius 1 is 1.23 bits per heavy atom. The third-order valence-corrected chi connectivity index (χ3v) is 2.67. The normalized spacial score (nSPS) is 10.1. The van der Waals surface area contributed by atoms with Crippen LogP contribution in [-0.4, -0.2) is 6.71 Å². The summed E-state index contributed by atoms with van der Waals surface area (Å²) in [4.78, 5) is 0. The first-order valence-electron chi connectivity index (χ1n) is 5.05. The molecule has 0 saturated carbocycles. The predicted molar refractivity (Wildman–Crippen MR) is 61.9 cm³/mol. The molecule has 70 valence electrons. The number of hydrogen-bond donors (Lipinski definition) is 1. The molecule has 0 spiro atoms. The van der Waals surface area contributed by atoms with Crippen LogP contribution in [0.3, 0.4) is 0 Å². The number of benzene rings is 1. The van der Waals surface area contributed by atoms with Crippen molar-refractivity contribution in [1.82, 2.24) is 0 Å². The van der Waals surface area contributed by atoms with E-state index in [0.29, 0.717) is 6.71 Å². The minimum absolute atomic E-state index is 0.625. The number of nitrogen functional groups attached to an aromatic ring is 1. The molecular weight excluding hydrogens is 157 g/mol.